The Kier molecular flexibility index (Phi) is 4.60. The van der Waals surface area contributed by atoms with Gasteiger partial charge in [-0.1, -0.05) is 6.92 Å². The number of aromatic nitrogens is 1. The number of aryl methyl sites for hydroxylation is 1. The SMILES string of the molecule is CCN1CCC[C@H]1[C@@H]1CCCN1C(=O)Cc1csc(C)n1. The van der Waals surface area contributed by atoms with Crippen molar-refractivity contribution in [3.05, 3.63) is 16.1 Å². The number of likely N-dealkylation sites (N-methyl/N-ethyl adjacent to an activating group) is 1. The van der Waals surface area contributed by atoms with Gasteiger partial charge in [-0.05, 0) is 45.7 Å². The molecule has 21 heavy (non-hydrogen) atoms. The van der Waals surface area contributed by atoms with E-state index in [0.717, 1.165) is 30.2 Å². The minimum absolute atomic E-state index is 0.269. The molecule has 0 N–H and O–H groups in total. The molecule has 2 aliphatic heterocycles. The van der Waals surface area contributed by atoms with E-state index in [1.54, 1.807) is 11.3 Å². The number of amides is 1. The average molecular weight is 307 g/mol. The predicted octanol–water partition coefficient (Wildman–Crippen LogP) is 2.47. The topological polar surface area (TPSA) is 36.4 Å². The van der Waals surface area contributed by atoms with Gasteiger partial charge in [-0.2, -0.15) is 0 Å². The van der Waals surface area contributed by atoms with Crippen molar-refractivity contribution in [3.8, 4) is 0 Å². The lowest BCUT2D eigenvalue weighted by atomic mass is 10.0. The Morgan fingerprint density at radius 2 is 2.10 bits per heavy atom. The highest BCUT2D eigenvalue weighted by Gasteiger charge is 2.38. The predicted molar refractivity (Wildman–Crippen MR) is 85.6 cm³/mol. The lowest BCUT2D eigenvalue weighted by molar-refractivity contribution is -0.132. The Morgan fingerprint density at radius 3 is 2.81 bits per heavy atom. The summed E-state index contributed by atoms with van der Waals surface area (Å²) in [4.78, 5) is 21.8. The molecule has 0 unspecified atom stereocenters. The van der Waals surface area contributed by atoms with E-state index in [0.29, 0.717) is 18.5 Å². The van der Waals surface area contributed by atoms with Crippen molar-refractivity contribution in [2.24, 2.45) is 0 Å². The van der Waals surface area contributed by atoms with E-state index in [1.165, 1.54) is 25.8 Å². The molecule has 3 heterocycles. The third kappa shape index (κ3) is 3.14. The number of hydrogen-bond acceptors (Lipinski definition) is 4. The molecule has 2 saturated heterocycles. The molecule has 4 nitrogen and oxygen atoms in total. The minimum atomic E-state index is 0.269. The lowest BCUT2D eigenvalue weighted by Crippen LogP contribution is -2.48. The van der Waals surface area contributed by atoms with Crippen LogP contribution in [0.3, 0.4) is 0 Å². The maximum Gasteiger partial charge on any atom is 0.228 e. The van der Waals surface area contributed by atoms with Crippen molar-refractivity contribution in [1.29, 1.82) is 0 Å². The van der Waals surface area contributed by atoms with E-state index in [-0.39, 0.29) is 5.91 Å². The molecular formula is C16H25N3OS. The molecule has 116 valence electrons. The van der Waals surface area contributed by atoms with Crippen LogP contribution in [-0.4, -0.2) is 52.4 Å². The summed E-state index contributed by atoms with van der Waals surface area (Å²) >= 11 is 1.63. The first-order chi connectivity index (χ1) is 10.2. The van der Waals surface area contributed by atoms with Crippen molar-refractivity contribution >= 4 is 17.2 Å². The van der Waals surface area contributed by atoms with Gasteiger partial charge in [-0.25, -0.2) is 4.98 Å². The summed E-state index contributed by atoms with van der Waals surface area (Å²) in [6, 6.07) is 1.01. The summed E-state index contributed by atoms with van der Waals surface area (Å²) in [5.41, 5.74) is 0.937. The number of nitrogens with zero attached hydrogens (tertiary/aromatic N) is 3. The Morgan fingerprint density at radius 1 is 1.33 bits per heavy atom. The van der Waals surface area contributed by atoms with Crippen LogP contribution in [0.25, 0.3) is 0 Å². The number of rotatable bonds is 4. The molecule has 1 aromatic rings. The highest BCUT2D eigenvalue weighted by Crippen LogP contribution is 2.30. The molecule has 2 fully saturated rings. The van der Waals surface area contributed by atoms with Gasteiger partial charge in [0.1, 0.15) is 0 Å². The zero-order chi connectivity index (χ0) is 14.8. The summed E-state index contributed by atoms with van der Waals surface area (Å²) < 4.78 is 0. The highest BCUT2D eigenvalue weighted by atomic mass is 32.1. The maximum absolute atomic E-state index is 12.7. The second-order valence-electron chi connectivity index (χ2n) is 6.17. The summed E-state index contributed by atoms with van der Waals surface area (Å²) in [7, 11) is 0. The fourth-order valence-corrected chi connectivity index (χ4v) is 4.54. The molecule has 1 aromatic heterocycles. The van der Waals surface area contributed by atoms with Gasteiger partial charge in [-0.15, -0.1) is 11.3 Å². The van der Waals surface area contributed by atoms with E-state index in [1.807, 2.05) is 12.3 Å². The van der Waals surface area contributed by atoms with Gasteiger partial charge in [0.15, 0.2) is 0 Å². The smallest absolute Gasteiger partial charge is 0.228 e. The molecule has 1 amide bonds. The molecule has 0 aliphatic carbocycles. The van der Waals surface area contributed by atoms with Gasteiger partial charge in [-0.3, -0.25) is 9.69 Å². The maximum atomic E-state index is 12.7. The van der Waals surface area contributed by atoms with Crippen molar-refractivity contribution in [3.63, 3.8) is 0 Å². The standard InChI is InChI=1S/C16H25N3OS/c1-3-18-8-4-6-14(18)15-7-5-9-19(15)16(20)10-13-11-21-12(2)17-13/h11,14-15H,3-10H2,1-2H3/t14-,15-/m0/s1. The number of carbonyl (C=O) groups excluding carboxylic acids is 1. The summed E-state index contributed by atoms with van der Waals surface area (Å²) in [5.74, 6) is 0.269. The molecular weight excluding hydrogens is 282 g/mol. The van der Waals surface area contributed by atoms with Crippen LogP contribution in [0, 0.1) is 6.92 Å². The third-order valence-electron chi connectivity index (χ3n) is 4.88. The van der Waals surface area contributed by atoms with Gasteiger partial charge in [0.25, 0.3) is 0 Å². The fraction of sp³-hybridized carbons (Fsp3) is 0.750. The second kappa shape index (κ2) is 6.44. The highest BCUT2D eigenvalue weighted by molar-refractivity contribution is 7.09. The van der Waals surface area contributed by atoms with Gasteiger partial charge >= 0.3 is 0 Å². The number of likely N-dealkylation sites (tertiary alicyclic amines) is 2. The van der Waals surface area contributed by atoms with Crippen molar-refractivity contribution < 1.29 is 4.79 Å². The number of carbonyl (C=O) groups is 1. The van der Waals surface area contributed by atoms with Crippen molar-refractivity contribution in [2.45, 2.75) is 58.0 Å². The Bertz CT molecular complexity index is 501. The van der Waals surface area contributed by atoms with Gasteiger partial charge < -0.3 is 4.90 Å². The first kappa shape index (κ1) is 15.0. The lowest BCUT2D eigenvalue weighted by Gasteiger charge is -2.34. The molecule has 0 aromatic carbocycles. The van der Waals surface area contributed by atoms with Crippen LogP contribution in [0.4, 0.5) is 0 Å². The van der Waals surface area contributed by atoms with E-state index in [4.69, 9.17) is 0 Å². The Hall–Kier alpha value is -0.940. The number of thiazole rings is 1. The molecule has 0 radical (unpaired) electrons. The molecule has 0 saturated carbocycles. The van der Waals surface area contributed by atoms with Crippen molar-refractivity contribution in [2.75, 3.05) is 19.6 Å². The normalized spacial score (nSPS) is 26.7. The zero-order valence-corrected chi connectivity index (χ0v) is 13.9. The van der Waals surface area contributed by atoms with Gasteiger partial charge in [0.05, 0.1) is 17.1 Å². The van der Waals surface area contributed by atoms with Crippen molar-refractivity contribution in [1.82, 2.24) is 14.8 Å². The summed E-state index contributed by atoms with van der Waals surface area (Å²) in [6.45, 7) is 7.46. The summed E-state index contributed by atoms with van der Waals surface area (Å²) in [5, 5.41) is 3.07. The Balaban J connectivity index is 1.67. The largest absolute Gasteiger partial charge is 0.338 e. The van der Waals surface area contributed by atoms with E-state index in [2.05, 4.69) is 21.7 Å². The molecule has 3 rings (SSSR count). The Labute approximate surface area is 131 Å². The van der Waals surface area contributed by atoms with E-state index >= 15 is 0 Å². The number of hydrogen-bond donors (Lipinski definition) is 0. The minimum Gasteiger partial charge on any atom is -0.338 e. The van der Waals surface area contributed by atoms with Gasteiger partial charge in [0.2, 0.25) is 5.91 Å². The first-order valence-corrected chi connectivity index (χ1v) is 9.01. The third-order valence-corrected chi connectivity index (χ3v) is 5.71. The average Bonchev–Trinajstić information content (AvgIpc) is 3.16. The molecule has 5 heteroatoms. The quantitative estimate of drug-likeness (QED) is 0.857. The van der Waals surface area contributed by atoms with Crippen LogP contribution in [0.15, 0.2) is 5.38 Å². The molecule has 0 bridgehead atoms. The molecule has 2 atom stereocenters. The first-order valence-electron chi connectivity index (χ1n) is 8.13. The molecule has 0 spiro atoms. The van der Waals surface area contributed by atoms with E-state index in [9.17, 15) is 4.79 Å². The zero-order valence-electron chi connectivity index (χ0n) is 13.0. The van der Waals surface area contributed by atoms with Crippen LogP contribution < -0.4 is 0 Å². The fourth-order valence-electron chi connectivity index (χ4n) is 3.93. The molecule has 2 aliphatic rings. The van der Waals surface area contributed by atoms with Gasteiger partial charge in [0, 0.05) is 24.0 Å². The van der Waals surface area contributed by atoms with Crippen LogP contribution >= 0.6 is 11.3 Å². The van der Waals surface area contributed by atoms with Crippen LogP contribution in [0.1, 0.15) is 43.3 Å². The van der Waals surface area contributed by atoms with Crippen LogP contribution in [0.2, 0.25) is 0 Å². The van der Waals surface area contributed by atoms with Crippen LogP contribution in [-0.2, 0) is 11.2 Å². The van der Waals surface area contributed by atoms with E-state index < -0.39 is 0 Å². The monoisotopic (exact) mass is 307 g/mol. The van der Waals surface area contributed by atoms with Crippen LogP contribution in [0.5, 0.6) is 0 Å². The second-order valence-corrected chi connectivity index (χ2v) is 7.23. The summed E-state index contributed by atoms with van der Waals surface area (Å²) in [6.07, 6.45) is 5.32.